The molecule has 0 amide bonds. The van der Waals surface area contributed by atoms with Gasteiger partial charge in [-0.25, -0.2) is 0 Å². The predicted molar refractivity (Wildman–Crippen MR) is 105 cm³/mol. The summed E-state index contributed by atoms with van der Waals surface area (Å²) in [5, 5.41) is 19.3. The van der Waals surface area contributed by atoms with Crippen LogP contribution in [-0.4, -0.2) is 22.1 Å². The van der Waals surface area contributed by atoms with Gasteiger partial charge >= 0.3 is 0 Å². The van der Waals surface area contributed by atoms with Crippen molar-refractivity contribution in [3.63, 3.8) is 0 Å². The fourth-order valence-corrected chi connectivity index (χ4v) is 6.83. The van der Waals surface area contributed by atoms with Crippen LogP contribution in [0.1, 0.15) is 59.3 Å². The summed E-state index contributed by atoms with van der Waals surface area (Å²) in [4.78, 5) is 0. The zero-order valence-electron chi connectivity index (χ0n) is 16.2. The quantitative estimate of drug-likeness (QED) is 0.382. The second-order valence-electron chi connectivity index (χ2n) is 9.36. The molecule has 5 N–H and O–H groups in total. The standard InChI is InChI=1S/C21H32N4O/c1-13(24-22)21(26)11-8-18-16-5-4-14-12-15(25-23)6-9-19(14,2)17(16)7-10-20(18,21)3/h4-5,12,16-18,26H,6-11,22-23H2,1-3H3/b24-13+,25-15-/t16-,17-,18-,19+,20+,21+/m1/s1. The van der Waals surface area contributed by atoms with Crippen molar-refractivity contribution in [1.82, 2.24) is 0 Å². The summed E-state index contributed by atoms with van der Waals surface area (Å²) in [6.45, 7) is 6.56. The lowest BCUT2D eigenvalue weighted by Gasteiger charge is -2.57. The van der Waals surface area contributed by atoms with Crippen LogP contribution in [0, 0.1) is 28.6 Å². The molecule has 26 heavy (non-hydrogen) atoms. The summed E-state index contributed by atoms with van der Waals surface area (Å²) in [6, 6.07) is 0. The number of nitrogens with zero attached hydrogens (tertiary/aromatic N) is 2. The highest BCUT2D eigenvalue weighted by Gasteiger charge is 2.64. The molecule has 5 heteroatoms. The van der Waals surface area contributed by atoms with Gasteiger partial charge in [-0.1, -0.05) is 26.0 Å². The van der Waals surface area contributed by atoms with E-state index in [1.165, 1.54) is 5.57 Å². The van der Waals surface area contributed by atoms with Crippen molar-refractivity contribution in [2.45, 2.75) is 64.9 Å². The summed E-state index contributed by atoms with van der Waals surface area (Å²) in [5.74, 6) is 12.7. The van der Waals surface area contributed by atoms with E-state index in [0.29, 0.717) is 23.5 Å². The van der Waals surface area contributed by atoms with Crippen molar-refractivity contribution in [2.75, 3.05) is 0 Å². The molecule has 0 unspecified atom stereocenters. The number of hydrogen-bond donors (Lipinski definition) is 3. The van der Waals surface area contributed by atoms with Crippen LogP contribution in [0.3, 0.4) is 0 Å². The molecule has 0 spiro atoms. The van der Waals surface area contributed by atoms with E-state index in [2.05, 4.69) is 42.3 Å². The van der Waals surface area contributed by atoms with Crippen LogP contribution in [-0.2, 0) is 0 Å². The first-order valence-electron chi connectivity index (χ1n) is 9.94. The van der Waals surface area contributed by atoms with Crippen molar-refractivity contribution in [3.05, 3.63) is 23.8 Å². The minimum absolute atomic E-state index is 0.151. The van der Waals surface area contributed by atoms with E-state index >= 15 is 0 Å². The van der Waals surface area contributed by atoms with Crippen LogP contribution in [0.5, 0.6) is 0 Å². The third-order valence-corrected chi connectivity index (χ3v) is 8.64. The van der Waals surface area contributed by atoms with E-state index in [-0.39, 0.29) is 10.8 Å². The van der Waals surface area contributed by atoms with Gasteiger partial charge in [-0.15, -0.1) is 0 Å². The van der Waals surface area contributed by atoms with Crippen LogP contribution >= 0.6 is 0 Å². The molecule has 0 radical (unpaired) electrons. The van der Waals surface area contributed by atoms with Crippen LogP contribution in [0.4, 0.5) is 0 Å². The van der Waals surface area contributed by atoms with Crippen LogP contribution in [0.15, 0.2) is 34.0 Å². The second kappa shape index (κ2) is 5.69. The van der Waals surface area contributed by atoms with Gasteiger partial charge < -0.3 is 16.8 Å². The molecule has 0 aromatic heterocycles. The molecule has 5 nitrogen and oxygen atoms in total. The molecule has 0 aliphatic heterocycles. The van der Waals surface area contributed by atoms with Gasteiger partial charge in [-0.3, -0.25) is 0 Å². The van der Waals surface area contributed by atoms with E-state index in [9.17, 15) is 5.11 Å². The van der Waals surface area contributed by atoms with E-state index < -0.39 is 5.60 Å². The summed E-state index contributed by atoms with van der Waals surface area (Å²) in [5.41, 5.74) is 2.24. The molecule has 0 aromatic carbocycles. The van der Waals surface area contributed by atoms with Crippen molar-refractivity contribution >= 4 is 11.4 Å². The topological polar surface area (TPSA) is 97.0 Å². The van der Waals surface area contributed by atoms with Crippen molar-refractivity contribution in [3.8, 4) is 0 Å². The average Bonchev–Trinajstić information content (AvgIpc) is 2.92. The van der Waals surface area contributed by atoms with Gasteiger partial charge in [-0.05, 0) is 80.3 Å². The minimum Gasteiger partial charge on any atom is -0.383 e. The van der Waals surface area contributed by atoms with Crippen LogP contribution < -0.4 is 11.7 Å². The molecule has 4 rings (SSSR count). The first-order chi connectivity index (χ1) is 12.3. The van der Waals surface area contributed by atoms with Gasteiger partial charge in [0.15, 0.2) is 0 Å². The number of fused-ring (bicyclic) bond motifs is 5. The molecule has 2 fully saturated rings. The third kappa shape index (κ3) is 2.07. The molecule has 142 valence electrons. The number of hydrazone groups is 2. The minimum atomic E-state index is -0.867. The highest BCUT2D eigenvalue weighted by molar-refractivity contribution is 5.97. The van der Waals surface area contributed by atoms with Gasteiger partial charge in [0.25, 0.3) is 0 Å². The SMILES string of the molecule is C/C(=N\N)[C@@]1(O)CC[C@@H]2[C@@H]3C=CC4=C/C(=N\N)CC[C@]4(C)[C@@H]3CC[C@@]21C. The Morgan fingerprint density at radius 2 is 1.88 bits per heavy atom. The van der Waals surface area contributed by atoms with E-state index in [4.69, 9.17) is 11.7 Å². The Morgan fingerprint density at radius 3 is 2.58 bits per heavy atom. The maximum absolute atomic E-state index is 11.5. The largest absolute Gasteiger partial charge is 0.383 e. The van der Waals surface area contributed by atoms with Gasteiger partial charge in [0.05, 0.1) is 11.4 Å². The number of allylic oxidation sites excluding steroid dienone is 4. The Kier molecular flexibility index (Phi) is 3.89. The smallest absolute Gasteiger partial charge is 0.110 e. The van der Waals surface area contributed by atoms with Crippen molar-refractivity contribution in [1.29, 1.82) is 0 Å². The Balaban J connectivity index is 1.74. The molecule has 0 bridgehead atoms. The van der Waals surface area contributed by atoms with Crippen molar-refractivity contribution < 1.29 is 5.11 Å². The first-order valence-corrected chi connectivity index (χ1v) is 9.94. The van der Waals surface area contributed by atoms with E-state index in [1.807, 2.05) is 6.92 Å². The molecular weight excluding hydrogens is 324 g/mol. The lowest BCUT2D eigenvalue weighted by atomic mass is 9.48. The molecule has 4 aliphatic carbocycles. The maximum atomic E-state index is 11.5. The van der Waals surface area contributed by atoms with Gasteiger partial charge in [-0.2, -0.15) is 10.2 Å². The Morgan fingerprint density at radius 1 is 1.15 bits per heavy atom. The number of hydrogen-bond acceptors (Lipinski definition) is 5. The second-order valence-corrected chi connectivity index (χ2v) is 9.36. The van der Waals surface area contributed by atoms with Crippen molar-refractivity contribution in [2.24, 2.45) is 50.5 Å². The molecule has 2 saturated carbocycles. The summed E-state index contributed by atoms with van der Waals surface area (Å²) in [7, 11) is 0. The molecular formula is C21H32N4O. The fourth-order valence-electron chi connectivity index (χ4n) is 6.83. The van der Waals surface area contributed by atoms with Gasteiger partial charge in [0, 0.05) is 5.41 Å². The summed E-state index contributed by atoms with van der Waals surface area (Å²) < 4.78 is 0. The van der Waals surface area contributed by atoms with E-state index in [0.717, 1.165) is 44.2 Å². The summed E-state index contributed by atoms with van der Waals surface area (Å²) >= 11 is 0. The third-order valence-electron chi connectivity index (χ3n) is 8.64. The number of rotatable bonds is 1. The van der Waals surface area contributed by atoms with Crippen LogP contribution in [0.25, 0.3) is 0 Å². The number of nitrogens with two attached hydrogens (primary N) is 2. The number of aliphatic hydroxyl groups is 1. The average molecular weight is 357 g/mol. The highest BCUT2D eigenvalue weighted by Crippen LogP contribution is 2.66. The first kappa shape index (κ1) is 17.8. The molecule has 0 saturated heterocycles. The zero-order chi connectivity index (χ0) is 18.7. The summed E-state index contributed by atoms with van der Waals surface area (Å²) in [6.07, 6.45) is 12.9. The Bertz CT molecular complexity index is 738. The molecule has 0 heterocycles. The van der Waals surface area contributed by atoms with Gasteiger partial charge in [0.2, 0.25) is 0 Å². The van der Waals surface area contributed by atoms with E-state index in [1.54, 1.807) is 0 Å². The Labute approximate surface area is 156 Å². The molecule has 4 aliphatic rings. The normalized spacial score (nSPS) is 49.4. The lowest BCUT2D eigenvalue weighted by molar-refractivity contribution is -0.0748. The fraction of sp³-hybridized carbons (Fsp3) is 0.714. The highest BCUT2D eigenvalue weighted by atomic mass is 16.3. The molecule has 0 aromatic rings. The van der Waals surface area contributed by atoms with Crippen LogP contribution in [0.2, 0.25) is 0 Å². The monoisotopic (exact) mass is 356 g/mol. The van der Waals surface area contributed by atoms with Gasteiger partial charge in [0.1, 0.15) is 5.60 Å². The Hall–Kier alpha value is -1.62. The predicted octanol–water partition coefficient (Wildman–Crippen LogP) is 3.11. The lowest BCUT2D eigenvalue weighted by Crippen LogP contribution is -2.56. The zero-order valence-corrected chi connectivity index (χ0v) is 16.2. The maximum Gasteiger partial charge on any atom is 0.110 e. The molecule has 6 atom stereocenters.